The molecule has 0 radical (unpaired) electrons. The van der Waals surface area contributed by atoms with Crippen LogP contribution in [0.1, 0.15) is 50.6 Å². The molecule has 0 spiro atoms. The molecule has 1 aromatic heterocycles. The normalized spacial score (nSPS) is 13.5. The van der Waals surface area contributed by atoms with Crippen molar-refractivity contribution < 1.29 is 23.9 Å². The van der Waals surface area contributed by atoms with E-state index in [0.717, 1.165) is 16.6 Å². The number of halogens is 1. The highest BCUT2D eigenvalue weighted by Gasteiger charge is 2.28. The molecule has 1 aliphatic carbocycles. The Morgan fingerprint density at radius 3 is 2.38 bits per heavy atom. The van der Waals surface area contributed by atoms with E-state index in [2.05, 4.69) is 37.3 Å². The molecule has 0 atom stereocenters. The van der Waals surface area contributed by atoms with Gasteiger partial charge in [0.25, 0.3) is 11.6 Å². The fraction of sp³-hybridized carbons (Fsp3) is 0.174. The molecule has 13 nitrogen and oxygen atoms in total. The van der Waals surface area contributed by atoms with Crippen molar-refractivity contribution in [1.29, 1.82) is 0 Å². The number of furan rings is 1. The molecular weight excluding hydrogens is 552 g/mol. The number of rotatable bonds is 6. The third-order valence-electron chi connectivity index (χ3n) is 5.63. The van der Waals surface area contributed by atoms with Gasteiger partial charge in [0.1, 0.15) is 11.4 Å². The van der Waals surface area contributed by atoms with Crippen LogP contribution in [-0.2, 0) is 6.42 Å². The van der Waals surface area contributed by atoms with Crippen molar-refractivity contribution in [2.24, 2.45) is 5.10 Å². The maximum atomic E-state index is 12.8. The fourth-order valence-electron chi connectivity index (χ4n) is 3.85. The van der Waals surface area contributed by atoms with Crippen LogP contribution in [0.25, 0.3) is 0 Å². The van der Waals surface area contributed by atoms with Gasteiger partial charge in [-0.25, -0.2) is 0 Å². The van der Waals surface area contributed by atoms with Gasteiger partial charge in [0, 0.05) is 33.7 Å². The summed E-state index contributed by atoms with van der Waals surface area (Å²) in [6.45, 7) is 1.67. The molecule has 1 heterocycles. The monoisotopic (exact) mass is 570 g/mol. The summed E-state index contributed by atoms with van der Waals surface area (Å²) in [5, 5.41) is 26.7. The Morgan fingerprint density at radius 2 is 1.70 bits per heavy atom. The van der Waals surface area contributed by atoms with Crippen LogP contribution in [-0.4, -0.2) is 27.4 Å². The molecule has 0 fully saturated rings. The van der Waals surface area contributed by atoms with Gasteiger partial charge in [-0.2, -0.15) is 5.10 Å². The predicted molar refractivity (Wildman–Crippen MR) is 135 cm³/mol. The summed E-state index contributed by atoms with van der Waals surface area (Å²) in [4.78, 5) is 45.9. The molecule has 0 saturated heterocycles. The second-order valence-electron chi connectivity index (χ2n) is 8.01. The number of aryl methyl sites for hydroxylation is 1. The first-order valence-corrected chi connectivity index (χ1v) is 11.7. The number of nitrogens with zero attached hydrogens (tertiary/aromatic N) is 3. The minimum Gasteiger partial charge on any atom is -0.455 e. The molecule has 2 aromatic carbocycles. The number of non-ortho nitro benzene ring substituents is 1. The van der Waals surface area contributed by atoms with Crippen molar-refractivity contribution in [3.8, 4) is 0 Å². The standard InChI is InChI=1S/C23H19BrN6O7/c1-12-20-17(26-25-16-10-9-15(29(33)34)11-18(16)30(35)36)3-2-4-19(20)37-21(12)23(32)28-27-22(31)13-5-7-14(24)8-6-13/h5-11,25H,2-4H2,1H3,(H,27,31)(H,28,32)/b26-17+. The van der Waals surface area contributed by atoms with Crippen molar-refractivity contribution in [3.05, 3.63) is 95.4 Å². The maximum Gasteiger partial charge on any atom is 0.305 e. The third kappa shape index (κ3) is 5.48. The summed E-state index contributed by atoms with van der Waals surface area (Å²) in [5.74, 6) is -0.648. The first kappa shape index (κ1) is 25.5. The molecule has 0 unspecified atom stereocenters. The van der Waals surface area contributed by atoms with Crippen molar-refractivity contribution in [3.63, 3.8) is 0 Å². The highest BCUT2D eigenvalue weighted by atomic mass is 79.9. The minimum absolute atomic E-state index is 0.00276. The van der Waals surface area contributed by atoms with Gasteiger partial charge in [-0.1, -0.05) is 15.9 Å². The number of hydrazone groups is 1. The van der Waals surface area contributed by atoms with E-state index in [1.807, 2.05) is 0 Å². The number of hydrazine groups is 1. The molecule has 190 valence electrons. The lowest BCUT2D eigenvalue weighted by atomic mass is 9.93. The number of nitrogens with one attached hydrogen (secondary N) is 3. The lowest BCUT2D eigenvalue weighted by Crippen LogP contribution is -2.41. The smallest absolute Gasteiger partial charge is 0.305 e. The van der Waals surface area contributed by atoms with Crippen LogP contribution in [0.2, 0.25) is 0 Å². The molecule has 0 aliphatic heterocycles. The summed E-state index contributed by atoms with van der Waals surface area (Å²) >= 11 is 3.29. The van der Waals surface area contributed by atoms with Crippen molar-refractivity contribution >= 4 is 50.5 Å². The average molecular weight is 571 g/mol. The minimum atomic E-state index is -0.740. The Kier molecular flexibility index (Phi) is 7.29. The number of anilines is 1. The van der Waals surface area contributed by atoms with E-state index >= 15 is 0 Å². The largest absolute Gasteiger partial charge is 0.455 e. The van der Waals surface area contributed by atoms with Crippen LogP contribution >= 0.6 is 15.9 Å². The Morgan fingerprint density at radius 1 is 1.00 bits per heavy atom. The summed E-state index contributed by atoms with van der Waals surface area (Å²) in [7, 11) is 0. The molecule has 3 aromatic rings. The number of hydrogen-bond donors (Lipinski definition) is 3. The lowest BCUT2D eigenvalue weighted by Gasteiger charge is -2.13. The van der Waals surface area contributed by atoms with E-state index in [4.69, 9.17) is 4.42 Å². The predicted octanol–water partition coefficient (Wildman–Crippen LogP) is 4.39. The topological polar surface area (TPSA) is 182 Å². The highest BCUT2D eigenvalue weighted by molar-refractivity contribution is 9.10. The number of amides is 2. The second kappa shape index (κ2) is 10.6. The number of carbonyl (C=O) groups excluding carboxylic acids is 2. The molecule has 2 amide bonds. The summed E-state index contributed by atoms with van der Waals surface area (Å²) in [5.41, 5.74) is 8.30. The fourth-order valence-corrected chi connectivity index (χ4v) is 4.11. The zero-order chi connectivity index (χ0) is 26.7. The summed E-state index contributed by atoms with van der Waals surface area (Å²) in [6.07, 6.45) is 1.71. The zero-order valence-corrected chi connectivity index (χ0v) is 20.8. The quantitative estimate of drug-likeness (QED) is 0.287. The SMILES string of the molecule is Cc1c(C(=O)NNC(=O)c2ccc(Br)cc2)oc2c1/C(=N/Nc1ccc([N+](=O)[O-])cc1[N+](=O)[O-])CCC2. The van der Waals surface area contributed by atoms with Gasteiger partial charge in [0.05, 0.1) is 21.6 Å². The molecule has 4 rings (SSSR count). The van der Waals surface area contributed by atoms with Crippen LogP contribution in [0.3, 0.4) is 0 Å². The van der Waals surface area contributed by atoms with Crippen molar-refractivity contribution in [2.45, 2.75) is 26.2 Å². The van der Waals surface area contributed by atoms with Gasteiger partial charge in [0.2, 0.25) is 0 Å². The molecule has 0 saturated carbocycles. The zero-order valence-electron chi connectivity index (χ0n) is 19.2. The Labute approximate surface area is 217 Å². The van der Waals surface area contributed by atoms with E-state index in [-0.39, 0.29) is 11.4 Å². The molecule has 37 heavy (non-hydrogen) atoms. The van der Waals surface area contributed by atoms with Crippen molar-refractivity contribution in [1.82, 2.24) is 10.9 Å². The Hall–Kier alpha value is -4.59. The van der Waals surface area contributed by atoms with E-state index < -0.39 is 33.0 Å². The van der Waals surface area contributed by atoms with Crippen LogP contribution in [0.5, 0.6) is 0 Å². The van der Waals surface area contributed by atoms with Crippen LogP contribution in [0.4, 0.5) is 17.1 Å². The van der Waals surface area contributed by atoms with Gasteiger partial charge in [-0.3, -0.25) is 46.1 Å². The average Bonchev–Trinajstić information content (AvgIpc) is 3.23. The number of nitro groups is 2. The molecular formula is C23H19BrN6O7. The lowest BCUT2D eigenvalue weighted by molar-refractivity contribution is -0.393. The number of fused-ring (bicyclic) bond motifs is 1. The Bertz CT molecular complexity index is 1450. The number of carbonyl (C=O) groups is 2. The van der Waals surface area contributed by atoms with E-state index in [1.165, 1.54) is 6.07 Å². The van der Waals surface area contributed by atoms with Gasteiger partial charge in [0.15, 0.2) is 5.76 Å². The molecule has 1 aliphatic rings. The van der Waals surface area contributed by atoms with E-state index in [9.17, 15) is 29.8 Å². The van der Waals surface area contributed by atoms with Crippen LogP contribution < -0.4 is 16.3 Å². The first-order chi connectivity index (χ1) is 17.7. The third-order valence-corrected chi connectivity index (χ3v) is 6.16. The number of hydrogen-bond acceptors (Lipinski definition) is 9. The molecule has 0 bridgehead atoms. The summed E-state index contributed by atoms with van der Waals surface area (Å²) < 4.78 is 6.58. The van der Waals surface area contributed by atoms with E-state index in [1.54, 1.807) is 31.2 Å². The van der Waals surface area contributed by atoms with Gasteiger partial charge in [-0.15, -0.1) is 0 Å². The first-order valence-electron chi connectivity index (χ1n) is 10.9. The van der Waals surface area contributed by atoms with Gasteiger partial charge in [-0.05, 0) is 50.1 Å². The molecule has 14 heteroatoms. The van der Waals surface area contributed by atoms with Crippen molar-refractivity contribution in [2.75, 3.05) is 5.43 Å². The number of nitro benzene ring substituents is 2. The summed E-state index contributed by atoms with van der Waals surface area (Å²) in [6, 6.07) is 9.77. The van der Waals surface area contributed by atoms with Gasteiger partial charge < -0.3 is 4.42 Å². The van der Waals surface area contributed by atoms with Crippen LogP contribution in [0.15, 0.2) is 56.5 Å². The van der Waals surface area contributed by atoms with Crippen LogP contribution in [0, 0.1) is 27.2 Å². The maximum absolute atomic E-state index is 12.8. The second-order valence-corrected chi connectivity index (χ2v) is 8.92. The van der Waals surface area contributed by atoms with Gasteiger partial charge >= 0.3 is 11.6 Å². The highest BCUT2D eigenvalue weighted by Crippen LogP contribution is 2.32. The molecule has 3 N–H and O–H groups in total. The number of benzene rings is 2. The Balaban J connectivity index is 1.53. The van der Waals surface area contributed by atoms with E-state index in [0.29, 0.717) is 47.4 Å².